The van der Waals surface area contributed by atoms with Crippen LogP contribution in [0.25, 0.3) is 0 Å². The van der Waals surface area contributed by atoms with Gasteiger partial charge in [0.2, 0.25) is 11.8 Å². The number of carboxylic acids is 1. The maximum absolute atomic E-state index is 11.1. The Balaban J connectivity index is 4.10. The fourth-order valence-electron chi connectivity index (χ4n) is 0.828. The van der Waals surface area contributed by atoms with E-state index >= 15 is 0 Å². The molecule has 86 valence electrons. The summed E-state index contributed by atoms with van der Waals surface area (Å²) in [6.45, 7) is 1.84. The van der Waals surface area contributed by atoms with Gasteiger partial charge in [0.1, 0.15) is 12.6 Å². The Morgan fingerprint density at radius 3 is 2.47 bits per heavy atom. The second-order valence-corrected chi connectivity index (χ2v) is 2.76. The number of primary amides is 1. The molecule has 0 heterocycles. The molecular weight excluding hydrogens is 204 g/mol. The zero-order valence-corrected chi connectivity index (χ0v) is 8.36. The minimum atomic E-state index is -1.21. The first kappa shape index (κ1) is 13.4. The Labute approximate surface area is 86.6 Å². The normalized spacial score (nSPS) is 11.8. The zero-order valence-electron chi connectivity index (χ0n) is 8.36. The summed E-state index contributed by atoms with van der Waals surface area (Å²) in [5.41, 5.74) is 4.90. The lowest BCUT2D eigenvalue weighted by molar-refractivity contribution is -0.140. The van der Waals surface area contributed by atoms with E-state index in [-0.39, 0.29) is 6.61 Å². The number of hydrogen-bond donors (Lipinski definition) is 3. The molecule has 0 unspecified atom stereocenters. The highest BCUT2D eigenvalue weighted by atomic mass is 16.5. The van der Waals surface area contributed by atoms with Gasteiger partial charge in [-0.15, -0.1) is 0 Å². The number of carbonyl (C=O) groups excluding carboxylic acids is 2. The number of nitrogens with two attached hydrogens (primary N) is 1. The molecule has 4 N–H and O–H groups in total. The molecule has 0 fully saturated rings. The highest BCUT2D eigenvalue weighted by Crippen LogP contribution is 1.91. The van der Waals surface area contributed by atoms with Crippen LogP contribution in [0.1, 0.15) is 13.3 Å². The van der Waals surface area contributed by atoms with E-state index in [1.54, 1.807) is 6.92 Å². The first-order valence-corrected chi connectivity index (χ1v) is 4.35. The van der Waals surface area contributed by atoms with Gasteiger partial charge >= 0.3 is 5.97 Å². The molecule has 0 spiro atoms. The van der Waals surface area contributed by atoms with Gasteiger partial charge in [0, 0.05) is 6.61 Å². The minimum absolute atomic E-state index is 0.222. The van der Waals surface area contributed by atoms with Crippen molar-refractivity contribution >= 4 is 17.8 Å². The molecule has 15 heavy (non-hydrogen) atoms. The van der Waals surface area contributed by atoms with Crippen molar-refractivity contribution in [3.05, 3.63) is 0 Å². The zero-order chi connectivity index (χ0) is 11.8. The van der Waals surface area contributed by atoms with Gasteiger partial charge in [0.25, 0.3) is 0 Å². The van der Waals surface area contributed by atoms with Gasteiger partial charge in [0.15, 0.2) is 0 Å². The quantitative estimate of drug-likeness (QED) is 0.479. The summed E-state index contributed by atoms with van der Waals surface area (Å²) >= 11 is 0. The molecule has 7 nitrogen and oxygen atoms in total. The van der Waals surface area contributed by atoms with Crippen molar-refractivity contribution < 1.29 is 24.2 Å². The smallest absolute Gasteiger partial charge is 0.305 e. The van der Waals surface area contributed by atoms with E-state index < -0.39 is 30.2 Å². The van der Waals surface area contributed by atoms with E-state index in [1.165, 1.54) is 0 Å². The van der Waals surface area contributed by atoms with Crippen molar-refractivity contribution in [1.29, 1.82) is 0 Å². The second-order valence-electron chi connectivity index (χ2n) is 2.76. The molecule has 0 aromatic rings. The molecule has 0 aromatic heterocycles. The largest absolute Gasteiger partial charge is 0.481 e. The maximum atomic E-state index is 11.1. The van der Waals surface area contributed by atoms with Gasteiger partial charge in [-0.3, -0.25) is 14.4 Å². The Kier molecular flexibility index (Phi) is 6.03. The van der Waals surface area contributed by atoms with Crippen LogP contribution < -0.4 is 11.1 Å². The van der Waals surface area contributed by atoms with Gasteiger partial charge in [-0.2, -0.15) is 0 Å². The van der Waals surface area contributed by atoms with Crippen LogP contribution in [-0.4, -0.2) is 42.1 Å². The minimum Gasteiger partial charge on any atom is -0.481 e. The van der Waals surface area contributed by atoms with Crippen molar-refractivity contribution in [2.75, 3.05) is 13.2 Å². The van der Waals surface area contributed by atoms with E-state index in [9.17, 15) is 14.4 Å². The summed E-state index contributed by atoms with van der Waals surface area (Å²) in [6.07, 6.45) is -0.535. The van der Waals surface area contributed by atoms with Gasteiger partial charge in [0.05, 0.1) is 6.42 Å². The van der Waals surface area contributed by atoms with Crippen LogP contribution in [0.3, 0.4) is 0 Å². The number of amides is 2. The molecule has 0 bridgehead atoms. The number of aliphatic carboxylic acids is 1. The highest BCUT2D eigenvalue weighted by molar-refractivity contribution is 5.89. The highest BCUT2D eigenvalue weighted by Gasteiger charge is 2.20. The first-order valence-electron chi connectivity index (χ1n) is 4.35. The predicted molar refractivity (Wildman–Crippen MR) is 49.9 cm³/mol. The molecule has 0 rings (SSSR count). The molecule has 0 aliphatic heterocycles. The number of carboxylic acid groups (broad SMARTS) is 1. The number of hydrogen-bond acceptors (Lipinski definition) is 4. The monoisotopic (exact) mass is 218 g/mol. The molecule has 0 aromatic carbocycles. The topological polar surface area (TPSA) is 119 Å². The summed E-state index contributed by atoms with van der Waals surface area (Å²) in [7, 11) is 0. The van der Waals surface area contributed by atoms with Crippen molar-refractivity contribution in [3.8, 4) is 0 Å². The number of carbonyl (C=O) groups is 3. The van der Waals surface area contributed by atoms with E-state index in [1.807, 2.05) is 0 Å². The van der Waals surface area contributed by atoms with E-state index in [4.69, 9.17) is 15.6 Å². The van der Waals surface area contributed by atoms with Gasteiger partial charge in [-0.05, 0) is 6.92 Å². The van der Waals surface area contributed by atoms with Crippen LogP contribution in [0.2, 0.25) is 0 Å². The first-order chi connectivity index (χ1) is 6.97. The Hall–Kier alpha value is -1.63. The molecule has 0 radical (unpaired) electrons. The fourth-order valence-corrected chi connectivity index (χ4v) is 0.828. The Bertz CT molecular complexity index is 253. The van der Waals surface area contributed by atoms with E-state index in [0.717, 1.165) is 0 Å². The molecule has 1 atom stereocenters. The SMILES string of the molecule is CCOCC(=O)N[C@H](CC(=O)O)C(N)=O. The summed E-state index contributed by atoms with van der Waals surface area (Å²) in [4.78, 5) is 32.1. The van der Waals surface area contributed by atoms with Crippen molar-refractivity contribution in [1.82, 2.24) is 5.32 Å². The Morgan fingerprint density at radius 2 is 2.07 bits per heavy atom. The third kappa shape index (κ3) is 6.44. The Morgan fingerprint density at radius 1 is 1.47 bits per heavy atom. The van der Waals surface area contributed by atoms with Crippen molar-refractivity contribution in [2.45, 2.75) is 19.4 Å². The molecule has 0 saturated carbocycles. The van der Waals surface area contributed by atoms with Gasteiger partial charge in [-0.25, -0.2) is 0 Å². The van der Waals surface area contributed by atoms with Crippen LogP contribution in [0.15, 0.2) is 0 Å². The molecular formula is C8H14N2O5. The standard InChI is InChI=1S/C8H14N2O5/c1-2-15-4-6(11)10-5(8(9)14)3-7(12)13/h5H,2-4H2,1H3,(H2,9,14)(H,10,11)(H,12,13)/t5-/m1/s1. The van der Waals surface area contributed by atoms with Crippen LogP contribution in [-0.2, 0) is 19.1 Å². The van der Waals surface area contributed by atoms with Crippen LogP contribution in [0, 0.1) is 0 Å². The molecule has 0 saturated heterocycles. The van der Waals surface area contributed by atoms with Gasteiger partial charge in [-0.1, -0.05) is 0 Å². The molecule has 2 amide bonds. The van der Waals surface area contributed by atoms with Crippen LogP contribution in [0.5, 0.6) is 0 Å². The number of nitrogens with one attached hydrogen (secondary N) is 1. The third-order valence-corrected chi connectivity index (χ3v) is 1.49. The lowest BCUT2D eigenvalue weighted by atomic mass is 10.2. The lowest BCUT2D eigenvalue weighted by Gasteiger charge is -2.12. The summed E-state index contributed by atoms with van der Waals surface area (Å²) in [5.74, 6) is -2.67. The van der Waals surface area contributed by atoms with E-state index in [2.05, 4.69) is 5.32 Å². The average molecular weight is 218 g/mol. The summed E-state index contributed by atoms with van der Waals surface area (Å²) < 4.78 is 4.77. The molecule has 0 aliphatic rings. The maximum Gasteiger partial charge on any atom is 0.305 e. The van der Waals surface area contributed by atoms with Gasteiger partial charge < -0.3 is 20.9 Å². The van der Waals surface area contributed by atoms with Crippen molar-refractivity contribution in [2.24, 2.45) is 5.73 Å². The van der Waals surface area contributed by atoms with E-state index in [0.29, 0.717) is 6.61 Å². The molecule has 7 heteroatoms. The van der Waals surface area contributed by atoms with Crippen molar-refractivity contribution in [3.63, 3.8) is 0 Å². The second kappa shape index (κ2) is 6.77. The third-order valence-electron chi connectivity index (χ3n) is 1.49. The lowest BCUT2D eigenvalue weighted by Crippen LogP contribution is -2.46. The van der Waals surface area contributed by atoms with Crippen LogP contribution >= 0.6 is 0 Å². The molecule has 0 aliphatic carbocycles. The van der Waals surface area contributed by atoms with Crippen LogP contribution in [0.4, 0.5) is 0 Å². The number of ether oxygens (including phenoxy) is 1. The summed E-state index contributed by atoms with van der Waals surface area (Å²) in [6, 6.07) is -1.20. The predicted octanol–water partition coefficient (Wildman–Crippen LogP) is -1.53. The fraction of sp³-hybridized carbons (Fsp3) is 0.625. The average Bonchev–Trinajstić information content (AvgIpc) is 2.12. The summed E-state index contributed by atoms with van der Waals surface area (Å²) in [5, 5.41) is 10.6. The number of rotatable bonds is 7.